The van der Waals surface area contributed by atoms with E-state index in [-0.39, 0.29) is 6.04 Å². The second-order valence-electron chi connectivity index (χ2n) is 4.43. The lowest BCUT2D eigenvalue weighted by molar-refractivity contribution is -0.125. The van der Waals surface area contributed by atoms with Gasteiger partial charge in [-0.25, -0.2) is 0 Å². The molecule has 0 aliphatic carbocycles. The smallest absolute Gasteiger partial charge is 0.307 e. The van der Waals surface area contributed by atoms with Gasteiger partial charge < -0.3 is 5.32 Å². The van der Waals surface area contributed by atoms with Crippen LogP contribution in [0.4, 0.5) is 13.2 Å². The van der Waals surface area contributed by atoms with Crippen LogP contribution in [-0.2, 0) is 0 Å². The zero-order valence-corrected chi connectivity index (χ0v) is 9.82. The molecule has 0 amide bonds. The molecule has 1 fully saturated rings. The zero-order valence-electron chi connectivity index (χ0n) is 9.82. The Hall–Kier alpha value is -0.290. The fourth-order valence-corrected chi connectivity index (χ4v) is 2.25. The monoisotopic (exact) mass is 238 g/mol. The summed E-state index contributed by atoms with van der Waals surface area (Å²) in [6.45, 7) is 3.72. The molecule has 1 saturated heterocycles. The molecule has 0 aromatic rings. The number of halogens is 3. The van der Waals surface area contributed by atoms with E-state index in [0.717, 1.165) is 32.4 Å². The SMILES string of the molecule is CCCN1CCCCC1CNCC(F)(F)F. The molecule has 96 valence electrons. The standard InChI is InChI=1S/C11H21F3N2/c1-2-6-16-7-4-3-5-10(16)8-15-9-11(12,13)14/h10,15H,2-9H2,1H3. The van der Waals surface area contributed by atoms with Crippen LogP contribution in [0.2, 0.25) is 0 Å². The van der Waals surface area contributed by atoms with Crippen LogP contribution in [0.15, 0.2) is 0 Å². The molecule has 1 atom stereocenters. The summed E-state index contributed by atoms with van der Waals surface area (Å²) >= 11 is 0. The van der Waals surface area contributed by atoms with Crippen LogP contribution in [0.5, 0.6) is 0 Å². The maximum atomic E-state index is 12.0. The van der Waals surface area contributed by atoms with Crippen molar-refractivity contribution in [3.63, 3.8) is 0 Å². The minimum absolute atomic E-state index is 0.288. The maximum Gasteiger partial charge on any atom is 0.401 e. The van der Waals surface area contributed by atoms with E-state index in [4.69, 9.17) is 0 Å². The normalized spacial score (nSPS) is 23.6. The molecule has 1 rings (SSSR count). The summed E-state index contributed by atoms with van der Waals surface area (Å²) in [6, 6.07) is 0.288. The van der Waals surface area contributed by atoms with Crippen molar-refractivity contribution in [1.82, 2.24) is 10.2 Å². The molecular formula is C11H21F3N2. The summed E-state index contributed by atoms with van der Waals surface area (Å²) in [5.41, 5.74) is 0. The molecular weight excluding hydrogens is 217 g/mol. The minimum atomic E-state index is -4.09. The molecule has 0 aromatic carbocycles. The van der Waals surface area contributed by atoms with Gasteiger partial charge in [0, 0.05) is 12.6 Å². The van der Waals surface area contributed by atoms with Crippen molar-refractivity contribution in [3.05, 3.63) is 0 Å². The van der Waals surface area contributed by atoms with Crippen molar-refractivity contribution in [1.29, 1.82) is 0 Å². The largest absolute Gasteiger partial charge is 0.401 e. The number of hydrogen-bond acceptors (Lipinski definition) is 2. The van der Waals surface area contributed by atoms with E-state index in [2.05, 4.69) is 17.1 Å². The van der Waals surface area contributed by atoms with E-state index in [1.165, 1.54) is 6.42 Å². The summed E-state index contributed by atoms with van der Waals surface area (Å²) in [5.74, 6) is 0. The molecule has 0 radical (unpaired) electrons. The zero-order chi connectivity index (χ0) is 12.0. The highest BCUT2D eigenvalue weighted by Gasteiger charge is 2.28. The van der Waals surface area contributed by atoms with Gasteiger partial charge in [0.1, 0.15) is 0 Å². The van der Waals surface area contributed by atoms with Crippen LogP contribution >= 0.6 is 0 Å². The van der Waals surface area contributed by atoms with E-state index >= 15 is 0 Å². The molecule has 0 aromatic heterocycles. The third-order valence-electron chi connectivity index (χ3n) is 2.97. The first-order chi connectivity index (χ1) is 7.53. The topological polar surface area (TPSA) is 15.3 Å². The van der Waals surface area contributed by atoms with Crippen molar-refractivity contribution in [2.24, 2.45) is 0 Å². The Morgan fingerprint density at radius 1 is 1.31 bits per heavy atom. The highest BCUT2D eigenvalue weighted by Crippen LogP contribution is 2.17. The molecule has 5 heteroatoms. The van der Waals surface area contributed by atoms with E-state index < -0.39 is 12.7 Å². The highest BCUT2D eigenvalue weighted by atomic mass is 19.4. The lowest BCUT2D eigenvalue weighted by Gasteiger charge is -2.35. The predicted molar refractivity (Wildman–Crippen MR) is 58.4 cm³/mol. The van der Waals surface area contributed by atoms with E-state index in [9.17, 15) is 13.2 Å². The number of rotatable bonds is 5. The fourth-order valence-electron chi connectivity index (χ4n) is 2.25. The third kappa shape index (κ3) is 5.16. The van der Waals surface area contributed by atoms with E-state index in [0.29, 0.717) is 6.54 Å². The lowest BCUT2D eigenvalue weighted by Crippen LogP contribution is -2.47. The Balaban J connectivity index is 2.27. The molecule has 1 aliphatic heterocycles. The van der Waals surface area contributed by atoms with Gasteiger partial charge in [0.25, 0.3) is 0 Å². The summed E-state index contributed by atoms with van der Waals surface area (Å²) < 4.78 is 35.9. The summed E-state index contributed by atoms with van der Waals surface area (Å²) in [6.07, 6.45) is 0.305. The highest BCUT2D eigenvalue weighted by molar-refractivity contribution is 4.78. The van der Waals surface area contributed by atoms with Crippen molar-refractivity contribution < 1.29 is 13.2 Å². The number of hydrogen-bond donors (Lipinski definition) is 1. The molecule has 1 heterocycles. The first-order valence-electron chi connectivity index (χ1n) is 6.04. The molecule has 0 bridgehead atoms. The molecule has 2 nitrogen and oxygen atoms in total. The quantitative estimate of drug-likeness (QED) is 0.791. The lowest BCUT2D eigenvalue weighted by atomic mass is 10.0. The van der Waals surface area contributed by atoms with Gasteiger partial charge in [0.05, 0.1) is 6.54 Å². The van der Waals surface area contributed by atoms with Crippen LogP contribution in [0.25, 0.3) is 0 Å². The molecule has 0 saturated carbocycles. The third-order valence-corrected chi connectivity index (χ3v) is 2.97. The Labute approximate surface area is 95.2 Å². The number of piperidine rings is 1. The van der Waals surface area contributed by atoms with Crippen LogP contribution in [0, 0.1) is 0 Å². The van der Waals surface area contributed by atoms with Crippen molar-refractivity contribution in [3.8, 4) is 0 Å². The van der Waals surface area contributed by atoms with Crippen LogP contribution in [0.3, 0.4) is 0 Å². The van der Waals surface area contributed by atoms with Gasteiger partial charge in [-0.05, 0) is 32.4 Å². The van der Waals surface area contributed by atoms with Crippen molar-refractivity contribution in [2.75, 3.05) is 26.2 Å². The van der Waals surface area contributed by atoms with Crippen LogP contribution in [0.1, 0.15) is 32.6 Å². The summed E-state index contributed by atoms with van der Waals surface area (Å²) in [4.78, 5) is 2.31. The first kappa shape index (κ1) is 13.8. The van der Waals surface area contributed by atoms with E-state index in [1.807, 2.05) is 0 Å². The van der Waals surface area contributed by atoms with Gasteiger partial charge in [-0.2, -0.15) is 13.2 Å². The molecule has 1 unspecified atom stereocenters. The van der Waals surface area contributed by atoms with Crippen molar-refractivity contribution >= 4 is 0 Å². The van der Waals surface area contributed by atoms with Crippen LogP contribution < -0.4 is 5.32 Å². The fraction of sp³-hybridized carbons (Fsp3) is 1.00. The second-order valence-corrected chi connectivity index (χ2v) is 4.43. The van der Waals surface area contributed by atoms with Gasteiger partial charge in [0.2, 0.25) is 0 Å². The Morgan fingerprint density at radius 3 is 2.69 bits per heavy atom. The Morgan fingerprint density at radius 2 is 2.06 bits per heavy atom. The summed E-state index contributed by atoms with van der Waals surface area (Å²) in [5, 5.41) is 2.52. The molecule has 1 N–H and O–H groups in total. The molecule has 1 aliphatic rings. The first-order valence-corrected chi connectivity index (χ1v) is 6.04. The number of alkyl halides is 3. The van der Waals surface area contributed by atoms with Gasteiger partial charge >= 0.3 is 6.18 Å². The maximum absolute atomic E-state index is 12.0. The number of likely N-dealkylation sites (tertiary alicyclic amines) is 1. The van der Waals surface area contributed by atoms with Gasteiger partial charge in [-0.1, -0.05) is 13.3 Å². The average molecular weight is 238 g/mol. The van der Waals surface area contributed by atoms with Gasteiger partial charge in [0.15, 0.2) is 0 Å². The summed E-state index contributed by atoms with van der Waals surface area (Å²) in [7, 11) is 0. The van der Waals surface area contributed by atoms with Crippen molar-refractivity contribution in [2.45, 2.75) is 44.8 Å². The van der Waals surface area contributed by atoms with Gasteiger partial charge in [-0.3, -0.25) is 4.90 Å². The number of nitrogens with zero attached hydrogens (tertiary/aromatic N) is 1. The molecule has 0 spiro atoms. The second kappa shape index (κ2) is 6.45. The van der Waals surface area contributed by atoms with Crippen LogP contribution in [-0.4, -0.2) is 43.3 Å². The number of nitrogens with one attached hydrogen (secondary N) is 1. The van der Waals surface area contributed by atoms with Gasteiger partial charge in [-0.15, -0.1) is 0 Å². The Kier molecular flexibility index (Phi) is 5.55. The predicted octanol–water partition coefficient (Wildman–Crippen LogP) is 2.40. The average Bonchev–Trinajstić information content (AvgIpc) is 2.19. The Bertz CT molecular complexity index is 192. The van der Waals surface area contributed by atoms with E-state index in [1.54, 1.807) is 0 Å². The molecule has 16 heavy (non-hydrogen) atoms. The minimum Gasteiger partial charge on any atom is -0.307 e.